The average Bonchev–Trinajstić information content (AvgIpc) is 2.57. The van der Waals surface area contributed by atoms with Crippen molar-refractivity contribution < 1.29 is 18.7 Å². The van der Waals surface area contributed by atoms with Crippen LogP contribution < -0.4 is 5.32 Å². The molecule has 6 heteroatoms. The molecule has 0 bridgehead atoms. The van der Waals surface area contributed by atoms with Crippen molar-refractivity contribution in [1.29, 1.82) is 0 Å². The molecular formula is C18H18FNO3S. The lowest BCUT2D eigenvalue weighted by molar-refractivity contribution is -0.123. The Morgan fingerprint density at radius 2 is 1.83 bits per heavy atom. The van der Waals surface area contributed by atoms with Gasteiger partial charge in [-0.2, -0.15) is 0 Å². The van der Waals surface area contributed by atoms with Gasteiger partial charge in [0.05, 0.1) is 5.56 Å². The van der Waals surface area contributed by atoms with Crippen LogP contribution in [0.5, 0.6) is 0 Å². The van der Waals surface area contributed by atoms with Crippen LogP contribution in [0.3, 0.4) is 0 Å². The van der Waals surface area contributed by atoms with Crippen LogP contribution in [0.25, 0.3) is 0 Å². The summed E-state index contributed by atoms with van der Waals surface area (Å²) in [6.07, 6.45) is -0.970. The number of amides is 1. The van der Waals surface area contributed by atoms with Crippen LogP contribution in [0.4, 0.5) is 10.1 Å². The van der Waals surface area contributed by atoms with Crippen LogP contribution >= 0.6 is 11.8 Å². The van der Waals surface area contributed by atoms with E-state index in [1.807, 2.05) is 19.1 Å². The van der Waals surface area contributed by atoms with Crippen LogP contribution in [-0.2, 0) is 9.53 Å². The SMILES string of the molecule is CCSc1ccccc1C(=O)O[C@@H](C)C(=O)Nc1ccc(F)cc1. The molecule has 0 spiro atoms. The van der Waals surface area contributed by atoms with Crippen molar-refractivity contribution in [2.45, 2.75) is 24.8 Å². The first-order chi connectivity index (χ1) is 11.5. The first-order valence-electron chi connectivity index (χ1n) is 7.50. The molecular weight excluding hydrogens is 329 g/mol. The van der Waals surface area contributed by atoms with Crippen molar-refractivity contribution >= 4 is 29.3 Å². The summed E-state index contributed by atoms with van der Waals surface area (Å²) in [5, 5.41) is 2.58. The summed E-state index contributed by atoms with van der Waals surface area (Å²) < 4.78 is 18.1. The Balaban J connectivity index is 2.00. The molecule has 0 saturated heterocycles. The Morgan fingerprint density at radius 1 is 1.17 bits per heavy atom. The van der Waals surface area contributed by atoms with Gasteiger partial charge < -0.3 is 10.1 Å². The maximum Gasteiger partial charge on any atom is 0.340 e. The molecule has 2 aromatic rings. The van der Waals surface area contributed by atoms with Gasteiger partial charge in [-0.3, -0.25) is 4.79 Å². The Hall–Kier alpha value is -2.34. The summed E-state index contributed by atoms with van der Waals surface area (Å²) in [6.45, 7) is 3.48. The molecule has 0 aliphatic rings. The number of benzene rings is 2. The minimum Gasteiger partial charge on any atom is -0.449 e. The number of thioether (sulfide) groups is 1. The number of hydrogen-bond acceptors (Lipinski definition) is 4. The lowest BCUT2D eigenvalue weighted by Gasteiger charge is -2.15. The average molecular weight is 347 g/mol. The van der Waals surface area contributed by atoms with Crippen molar-refractivity contribution in [3.05, 3.63) is 59.9 Å². The second-order valence-electron chi connectivity index (χ2n) is 4.97. The fourth-order valence-electron chi connectivity index (χ4n) is 1.97. The molecule has 1 N–H and O–H groups in total. The zero-order valence-corrected chi connectivity index (χ0v) is 14.2. The normalized spacial score (nSPS) is 11.6. The van der Waals surface area contributed by atoms with Crippen molar-refractivity contribution in [3.63, 3.8) is 0 Å². The lowest BCUT2D eigenvalue weighted by atomic mass is 10.2. The zero-order valence-electron chi connectivity index (χ0n) is 13.4. The van der Waals surface area contributed by atoms with Gasteiger partial charge in [-0.15, -0.1) is 11.8 Å². The van der Waals surface area contributed by atoms with E-state index in [-0.39, 0.29) is 0 Å². The standard InChI is InChI=1S/C18H18FNO3S/c1-3-24-16-7-5-4-6-15(16)18(22)23-12(2)17(21)20-14-10-8-13(19)9-11-14/h4-12H,3H2,1-2H3,(H,20,21)/t12-/m0/s1. The summed E-state index contributed by atoms with van der Waals surface area (Å²) >= 11 is 1.53. The molecule has 0 aliphatic carbocycles. The number of esters is 1. The minimum absolute atomic E-state index is 0.391. The van der Waals surface area contributed by atoms with E-state index in [0.29, 0.717) is 11.3 Å². The monoisotopic (exact) mass is 347 g/mol. The summed E-state index contributed by atoms with van der Waals surface area (Å²) in [4.78, 5) is 25.2. The highest BCUT2D eigenvalue weighted by Crippen LogP contribution is 2.23. The Morgan fingerprint density at radius 3 is 2.50 bits per heavy atom. The third-order valence-electron chi connectivity index (χ3n) is 3.17. The molecule has 4 nitrogen and oxygen atoms in total. The van der Waals surface area contributed by atoms with E-state index >= 15 is 0 Å². The van der Waals surface area contributed by atoms with Crippen molar-refractivity contribution in [1.82, 2.24) is 0 Å². The molecule has 1 amide bonds. The highest BCUT2D eigenvalue weighted by molar-refractivity contribution is 7.99. The highest BCUT2D eigenvalue weighted by atomic mass is 32.2. The number of carbonyl (C=O) groups is 2. The molecule has 24 heavy (non-hydrogen) atoms. The van der Waals surface area contributed by atoms with E-state index in [2.05, 4.69) is 5.32 Å². The third-order valence-corrected chi connectivity index (χ3v) is 4.13. The molecule has 0 heterocycles. The smallest absolute Gasteiger partial charge is 0.340 e. The topological polar surface area (TPSA) is 55.4 Å². The number of carbonyl (C=O) groups excluding carboxylic acids is 2. The third kappa shape index (κ3) is 4.83. The van der Waals surface area contributed by atoms with Gasteiger partial charge in [-0.25, -0.2) is 9.18 Å². The number of rotatable bonds is 6. The molecule has 2 aromatic carbocycles. The number of anilines is 1. The van der Waals surface area contributed by atoms with Crippen LogP contribution in [0.2, 0.25) is 0 Å². The van der Waals surface area contributed by atoms with Gasteiger partial charge in [0.1, 0.15) is 5.82 Å². The van der Waals surface area contributed by atoms with Crippen LogP contribution in [0.1, 0.15) is 24.2 Å². The predicted molar refractivity (Wildman–Crippen MR) is 92.7 cm³/mol. The zero-order chi connectivity index (χ0) is 17.5. The maximum absolute atomic E-state index is 12.9. The number of halogens is 1. The van der Waals surface area contributed by atoms with E-state index in [4.69, 9.17) is 4.74 Å². The van der Waals surface area contributed by atoms with E-state index < -0.39 is 23.8 Å². The van der Waals surface area contributed by atoms with Crippen LogP contribution in [0, 0.1) is 5.82 Å². The Kier molecular flexibility index (Phi) is 6.37. The van der Waals surface area contributed by atoms with Gasteiger partial charge in [0.25, 0.3) is 5.91 Å². The van der Waals surface area contributed by atoms with Gasteiger partial charge in [0.2, 0.25) is 0 Å². The number of hydrogen-bond donors (Lipinski definition) is 1. The fraction of sp³-hybridized carbons (Fsp3) is 0.222. The van der Waals surface area contributed by atoms with Gasteiger partial charge in [-0.1, -0.05) is 19.1 Å². The van der Waals surface area contributed by atoms with Gasteiger partial charge in [0, 0.05) is 10.6 Å². The first kappa shape index (κ1) is 18.0. The van der Waals surface area contributed by atoms with Gasteiger partial charge in [-0.05, 0) is 49.1 Å². The number of nitrogens with one attached hydrogen (secondary N) is 1. The fourth-order valence-corrected chi connectivity index (χ4v) is 2.76. The predicted octanol–water partition coefficient (Wildman–Crippen LogP) is 4.12. The Bertz CT molecular complexity index is 718. The van der Waals surface area contributed by atoms with Crippen molar-refractivity contribution in [3.8, 4) is 0 Å². The van der Waals surface area contributed by atoms with Crippen molar-refractivity contribution in [2.24, 2.45) is 0 Å². The van der Waals surface area contributed by atoms with E-state index in [9.17, 15) is 14.0 Å². The highest BCUT2D eigenvalue weighted by Gasteiger charge is 2.20. The van der Waals surface area contributed by atoms with Crippen LogP contribution in [0.15, 0.2) is 53.4 Å². The quantitative estimate of drug-likeness (QED) is 0.631. The minimum atomic E-state index is -0.970. The molecule has 126 valence electrons. The molecule has 2 rings (SSSR count). The molecule has 0 saturated carbocycles. The molecule has 0 aliphatic heterocycles. The summed E-state index contributed by atoms with van der Waals surface area (Å²) in [5.74, 6) is -0.591. The molecule has 1 atom stereocenters. The van der Waals surface area contributed by atoms with Crippen LogP contribution in [-0.4, -0.2) is 23.7 Å². The Labute approximate surface area is 144 Å². The lowest BCUT2D eigenvalue weighted by Crippen LogP contribution is -2.30. The first-order valence-corrected chi connectivity index (χ1v) is 8.49. The van der Waals surface area contributed by atoms with E-state index in [1.54, 1.807) is 12.1 Å². The van der Waals surface area contributed by atoms with E-state index in [1.165, 1.54) is 43.0 Å². The van der Waals surface area contributed by atoms with Crippen molar-refractivity contribution in [2.75, 3.05) is 11.1 Å². The summed E-state index contributed by atoms with van der Waals surface area (Å²) in [7, 11) is 0. The van der Waals surface area contributed by atoms with Gasteiger partial charge in [0.15, 0.2) is 6.10 Å². The summed E-state index contributed by atoms with van der Waals surface area (Å²) in [5.41, 5.74) is 0.872. The molecule has 0 fully saturated rings. The number of ether oxygens (including phenoxy) is 1. The second kappa shape index (κ2) is 8.49. The summed E-state index contributed by atoms with van der Waals surface area (Å²) in [6, 6.07) is 12.5. The second-order valence-corrected chi connectivity index (χ2v) is 6.28. The molecule has 0 radical (unpaired) electrons. The van der Waals surface area contributed by atoms with E-state index in [0.717, 1.165) is 10.6 Å². The molecule has 0 unspecified atom stereocenters. The molecule has 0 aromatic heterocycles. The van der Waals surface area contributed by atoms with Gasteiger partial charge >= 0.3 is 5.97 Å². The largest absolute Gasteiger partial charge is 0.449 e. The maximum atomic E-state index is 12.9.